The first-order valence-electron chi connectivity index (χ1n) is 7.72. The minimum atomic E-state index is -2.77. The molecule has 0 amide bonds. The number of aryl methyl sites for hydroxylation is 1. The summed E-state index contributed by atoms with van der Waals surface area (Å²) in [6, 6.07) is 10.7. The Kier molecular flexibility index (Phi) is 8.73. The van der Waals surface area contributed by atoms with E-state index in [1.165, 1.54) is 48.6 Å². The zero-order valence-electron chi connectivity index (χ0n) is 15.0. The molecule has 0 aliphatic heterocycles. The summed E-state index contributed by atoms with van der Waals surface area (Å²) in [5, 5.41) is 2.63. The second-order valence-electron chi connectivity index (χ2n) is 5.97. The van der Waals surface area contributed by atoms with E-state index < -0.39 is 24.5 Å². The summed E-state index contributed by atoms with van der Waals surface area (Å²) in [5.41, 5.74) is 8.66. The monoisotopic (exact) mass is 470 g/mol. The third-order valence-corrected chi connectivity index (χ3v) is 5.35. The molecule has 0 atom stereocenters. The van der Waals surface area contributed by atoms with Crippen molar-refractivity contribution < 1.29 is 29.7 Å². The Morgan fingerprint density at radius 2 is 1.50 bits per heavy atom. The molecule has 3 aromatic rings. The van der Waals surface area contributed by atoms with Gasteiger partial charge in [0, 0.05) is 0 Å². The van der Waals surface area contributed by atoms with Gasteiger partial charge >= 0.3 is 29.7 Å². The molecule has 0 spiro atoms. The first kappa shape index (κ1) is 21.4. The number of fused-ring (bicyclic) bond motifs is 1. The molecule has 0 unspecified atom stereocenters. The van der Waals surface area contributed by atoms with Crippen LogP contribution in [0.1, 0.15) is 33.4 Å². The molecule has 0 saturated carbocycles. The molecular formula is C20H23BrF2Zr. The summed E-state index contributed by atoms with van der Waals surface area (Å²) in [4.78, 5) is 0. The number of hydrogen-bond acceptors (Lipinski definition) is 0. The SMILES string of the molecule is Cc1c(C)c(C)[c-](C)c1C.Cc1cc2c(Br)cccc2[cH-]1.[F][Zr+2][F]. The fourth-order valence-corrected chi connectivity index (χ4v) is 3.25. The van der Waals surface area contributed by atoms with Gasteiger partial charge in [0.2, 0.25) is 0 Å². The van der Waals surface area contributed by atoms with Gasteiger partial charge in [0.25, 0.3) is 0 Å². The average molecular weight is 473 g/mol. The Labute approximate surface area is 165 Å². The summed E-state index contributed by atoms with van der Waals surface area (Å²) in [6.45, 7) is 13.1. The molecule has 0 aliphatic carbocycles. The van der Waals surface area contributed by atoms with Crippen LogP contribution in [-0.4, -0.2) is 0 Å². The van der Waals surface area contributed by atoms with Crippen LogP contribution in [0.4, 0.5) is 5.25 Å². The van der Waals surface area contributed by atoms with E-state index in [1.54, 1.807) is 0 Å². The van der Waals surface area contributed by atoms with Crippen molar-refractivity contribution in [3.8, 4) is 0 Å². The summed E-state index contributed by atoms with van der Waals surface area (Å²) >= 11 is 0.740. The molecule has 128 valence electrons. The van der Waals surface area contributed by atoms with Crippen LogP contribution < -0.4 is 0 Å². The summed E-state index contributed by atoms with van der Waals surface area (Å²) < 4.78 is 20.8. The van der Waals surface area contributed by atoms with Gasteiger partial charge in [-0.25, -0.2) is 0 Å². The van der Waals surface area contributed by atoms with Gasteiger partial charge in [-0.05, 0) is 4.47 Å². The van der Waals surface area contributed by atoms with Gasteiger partial charge in [0.1, 0.15) is 0 Å². The van der Waals surface area contributed by atoms with Gasteiger partial charge in [-0.15, -0.1) is 34.5 Å². The van der Waals surface area contributed by atoms with Crippen LogP contribution in [0.5, 0.6) is 0 Å². The zero-order chi connectivity index (χ0) is 18.4. The van der Waals surface area contributed by atoms with Crippen LogP contribution in [0, 0.1) is 41.5 Å². The van der Waals surface area contributed by atoms with Crippen molar-refractivity contribution in [2.75, 3.05) is 0 Å². The number of hydrogen-bond donors (Lipinski definition) is 0. The molecule has 3 rings (SSSR count). The average Bonchev–Trinajstić information content (AvgIpc) is 3.00. The normalized spacial score (nSPS) is 9.71. The number of halogens is 3. The van der Waals surface area contributed by atoms with Crippen molar-refractivity contribution >= 4 is 26.7 Å². The Balaban J connectivity index is 0.000000208. The molecule has 0 aromatic heterocycles. The van der Waals surface area contributed by atoms with E-state index in [0.717, 1.165) is 0 Å². The third kappa shape index (κ3) is 5.20. The van der Waals surface area contributed by atoms with Crippen LogP contribution in [0.2, 0.25) is 0 Å². The molecule has 0 bridgehead atoms. The number of rotatable bonds is 0. The van der Waals surface area contributed by atoms with Crippen molar-refractivity contribution in [2.24, 2.45) is 0 Å². The molecule has 0 fully saturated rings. The fraction of sp³-hybridized carbons (Fsp3) is 0.300. The van der Waals surface area contributed by atoms with Gasteiger partial charge < -0.3 is 0 Å². The van der Waals surface area contributed by atoms with E-state index in [2.05, 4.69) is 87.8 Å². The minimum absolute atomic E-state index is 1.18. The number of benzene rings is 1. The van der Waals surface area contributed by atoms with Crippen molar-refractivity contribution in [1.29, 1.82) is 0 Å². The first-order chi connectivity index (χ1) is 11.2. The Bertz CT molecular complexity index is 719. The van der Waals surface area contributed by atoms with E-state index in [-0.39, 0.29) is 0 Å². The van der Waals surface area contributed by atoms with Gasteiger partial charge in [0.05, 0.1) is 0 Å². The molecule has 0 N–H and O–H groups in total. The van der Waals surface area contributed by atoms with Crippen LogP contribution in [0.25, 0.3) is 10.8 Å². The van der Waals surface area contributed by atoms with E-state index in [0.29, 0.717) is 0 Å². The van der Waals surface area contributed by atoms with Crippen LogP contribution >= 0.6 is 15.9 Å². The molecule has 24 heavy (non-hydrogen) atoms. The second-order valence-corrected chi connectivity index (χ2v) is 7.18. The third-order valence-electron chi connectivity index (χ3n) is 4.65. The van der Waals surface area contributed by atoms with Crippen LogP contribution in [0.15, 0.2) is 34.8 Å². The maximum atomic E-state index is 9.80. The molecule has 0 heterocycles. The summed E-state index contributed by atoms with van der Waals surface area (Å²) in [5.74, 6) is 0. The quantitative estimate of drug-likeness (QED) is 0.299. The van der Waals surface area contributed by atoms with Crippen molar-refractivity contribution in [3.05, 3.63) is 68.2 Å². The Morgan fingerprint density at radius 3 is 1.88 bits per heavy atom. The van der Waals surface area contributed by atoms with E-state index in [4.69, 9.17) is 0 Å². The van der Waals surface area contributed by atoms with Crippen LogP contribution in [-0.2, 0) is 24.5 Å². The molecule has 4 heteroatoms. The predicted octanol–water partition coefficient (Wildman–Crippen LogP) is 7.42. The molecule has 0 saturated heterocycles. The summed E-state index contributed by atoms with van der Waals surface area (Å²) in [6.07, 6.45) is 0. The Morgan fingerprint density at radius 1 is 1.00 bits per heavy atom. The fourth-order valence-electron chi connectivity index (χ4n) is 2.75. The first-order valence-corrected chi connectivity index (χ1v) is 10.4. The van der Waals surface area contributed by atoms with Gasteiger partial charge in [-0.1, -0.05) is 63.5 Å². The van der Waals surface area contributed by atoms with Gasteiger partial charge in [-0.3, -0.25) is 0 Å². The topological polar surface area (TPSA) is 0 Å². The van der Waals surface area contributed by atoms with E-state index in [9.17, 15) is 5.25 Å². The zero-order valence-corrected chi connectivity index (χ0v) is 19.1. The van der Waals surface area contributed by atoms with E-state index in [1.807, 2.05) is 0 Å². The van der Waals surface area contributed by atoms with Crippen molar-refractivity contribution in [2.45, 2.75) is 41.5 Å². The van der Waals surface area contributed by atoms with Crippen LogP contribution in [0.3, 0.4) is 0 Å². The molecule has 0 radical (unpaired) electrons. The molecule has 3 aromatic carbocycles. The second kappa shape index (κ2) is 9.77. The molecule has 0 aliphatic rings. The van der Waals surface area contributed by atoms with Gasteiger partial charge in [0.15, 0.2) is 0 Å². The predicted molar refractivity (Wildman–Crippen MR) is 99.9 cm³/mol. The van der Waals surface area contributed by atoms with E-state index >= 15 is 0 Å². The Hall–Kier alpha value is -0.597. The van der Waals surface area contributed by atoms with Crippen molar-refractivity contribution in [1.82, 2.24) is 0 Å². The summed E-state index contributed by atoms with van der Waals surface area (Å²) in [7, 11) is 0. The molecule has 0 nitrogen and oxygen atoms in total. The maximum absolute atomic E-state index is 9.80. The van der Waals surface area contributed by atoms with Gasteiger partial charge in [-0.2, -0.15) is 33.9 Å². The van der Waals surface area contributed by atoms with Crippen molar-refractivity contribution in [3.63, 3.8) is 0 Å². The molecular weight excluding hydrogens is 449 g/mol. The standard InChI is InChI=1S/C10H8Br.C10H15.2FH.Zr/c1-7-5-8-3-2-4-10(11)9(8)6-7;1-6-7(2)9(4)10(5)8(6)3;;;/h2-6H,1H3;1-5H3;2*1H;/q2*-1;;;+4/p-2.